The van der Waals surface area contributed by atoms with Crippen LogP contribution in [0.15, 0.2) is 18.2 Å². The molecule has 4 heteroatoms. The Kier molecular flexibility index (Phi) is 2.68. The molecule has 0 saturated heterocycles. The first-order chi connectivity index (χ1) is 7.50. The zero-order chi connectivity index (χ0) is 11.8. The maximum absolute atomic E-state index is 13.0. The molecule has 0 aliphatic carbocycles. The fourth-order valence-corrected chi connectivity index (χ4v) is 1.59. The van der Waals surface area contributed by atoms with E-state index in [0.29, 0.717) is 6.42 Å². The summed E-state index contributed by atoms with van der Waals surface area (Å²) in [5.74, 6) is 0.557. The van der Waals surface area contributed by atoms with Gasteiger partial charge in [0.05, 0.1) is 16.6 Å². The van der Waals surface area contributed by atoms with Crippen LogP contribution >= 0.6 is 0 Å². The average molecular weight is 222 g/mol. The molecule has 0 spiro atoms. The molecule has 0 radical (unpaired) electrons. The Hall–Kier alpha value is -1.42. The molecule has 0 aliphatic heterocycles. The van der Waals surface area contributed by atoms with E-state index in [0.717, 1.165) is 16.9 Å². The van der Waals surface area contributed by atoms with Crippen LogP contribution in [0, 0.1) is 5.82 Å². The molecular formula is C12H15FN2O. The smallest absolute Gasteiger partial charge is 0.125 e. The van der Waals surface area contributed by atoms with Crippen LogP contribution in [0.4, 0.5) is 4.39 Å². The zero-order valence-electron chi connectivity index (χ0n) is 9.67. The van der Waals surface area contributed by atoms with E-state index in [1.807, 2.05) is 13.8 Å². The van der Waals surface area contributed by atoms with E-state index in [4.69, 9.17) is 4.74 Å². The number of hydrogen-bond donors (Lipinski definition) is 1. The van der Waals surface area contributed by atoms with E-state index in [9.17, 15) is 4.39 Å². The largest absolute Gasteiger partial charge is 0.378 e. The minimum absolute atomic E-state index is 0.256. The zero-order valence-corrected chi connectivity index (χ0v) is 9.67. The molecule has 86 valence electrons. The minimum Gasteiger partial charge on any atom is -0.378 e. The number of nitrogens with one attached hydrogen (secondary N) is 1. The van der Waals surface area contributed by atoms with Crippen molar-refractivity contribution in [1.29, 1.82) is 0 Å². The fourth-order valence-electron chi connectivity index (χ4n) is 1.59. The molecule has 0 saturated carbocycles. The lowest BCUT2D eigenvalue weighted by Gasteiger charge is -2.21. The number of ether oxygens (including phenoxy) is 1. The first-order valence-electron chi connectivity index (χ1n) is 5.19. The third kappa shape index (κ3) is 2.22. The van der Waals surface area contributed by atoms with Crippen LogP contribution in [-0.2, 0) is 11.2 Å². The normalized spacial score (nSPS) is 12.2. The number of aromatic amines is 1. The van der Waals surface area contributed by atoms with Gasteiger partial charge in [0.25, 0.3) is 0 Å². The SMILES string of the molecule is COC(C)(C)Cc1nc2ccc(F)cc2[nH]1. The van der Waals surface area contributed by atoms with E-state index in [2.05, 4.69) is 9.97 Å². The number of halogens is 1. The van der Waals surface area contributed by atoms with Crippen LogP contribution in [0.1, 0.15) is 19.7 Å². The second-order valence-electron chi connectivity index (χ2n) is 4.49. The average Bonchev–Trinajstić information content (AvgIpc) is 2.58. The number of rotatable bonds is 3. The van der Waals surface area contributed by atoms with Crippen molar-refractivity contribution in [2.45, 2.75) is 25.9 Å². The molecule has 0 fully saturated rings. The van der Waals surface area contributed by atoms with Gasteiger partial charge in [0, 0.05) is 13.5 Å². The summed E-state index contributed by atoms with van der Waals surface area (Å²) in [4.78, 5) is 7.48. The Morgan fingerprint density at radius 2 is 2.19 bits per heavy atom. The third-order valence-corrected chi connectivity index (χ3v) is 2.64. The Balaban J connectivity index is 2.33. The lowest BCUT2D eigenvalue weighted by atomic mass is 10.1. The van der Waals surface area contributed by atoms with Crippen molar-refractivity contribution in [2.24, 2.45) is 0 Å². The number of H-pyrrole nitrogens is 1. The van der Waals surface area contributed by atoms with Gasteiger partial charge in [-0.2, -0.15) is 0 Å². The van der Waals surface area contributed by atoms with Crippen molar-refractivity contribution in [3.63, 3.8) is 0 Å². The van der Waals surface area contributed by atoms with Crippen molar-refractivity contribution < 1.29 is 9.13 Å². The lowest BCUT2D eigenvalue weighted by molar-refractivity contribution is 0.0218. The lowest BCUT2D eigenvalue weighted by Crippen LogP contribution is -2.26. The number of aromatic nitrogens is 2. The molecule has 0 bridgehead atoms. The number of hydrogen-bond acceptors (Lipinski definition) is 2. The molecule has 0 atom stereocenters. The number of fused-ring (bicyclic) bond motifs is 1. The number of methoxy groups -OCH3 is 1. The summed E-state index contributed by atoms with van der Waals surface area (Å²) in [5.41, 5.74) is 1.23. The molecule has 16 heavy (non-hydrogen) atoms. The first-order valence-corrected chi connectivity index (χ1v) is 5.19. The summed E-state index contributed by atoms with van der Waals surface area (Å²) >= 11 is 0. The maximum Gasteiger partial charge on any atom is 0.125 e. The van der Waals surface area contributed by atoms with Gasteiger partial charge in [-0.05, 0) is 32.0 Å². The highest BCUT2D eigenvalue weighted by atomic mass is 19.1. The molecular weight excluding hydrogens is 207 g/mol. The van der Waals surface area contributed by atoms with Gasteiger partial charge in [0.2, 0.25) is 0 Å². The fraction of sp³-hybridized carbons (Fsp3) is 0.417. The van der Waals surface area contributed by atoms with E-state index in [-0.39, 0.29) is 11.4 Å². The van der Waals surface area contributed by atoms with Crippen LogP contribution in [-0.4, -0.2) is 22.7 Å². The first kappa shape index (κ1) is 11.1. The maximum atomic E-state index is 13.0. The Bertz CT molecular complexity index is 505. The summed E-state index contributed by atoms with van der Waals surface area (Å²) in [6.07, 6.45) is 0.666. The van der Waals surface area contributed by atoms with E-state index in [1.165, 1.54) is 12.1 Å². The Labute approximate surface area is 93.6 Å². The molecule has 0 amide bonds. The second-order valence-corrected chi connectivity index (χ2v) is 4.49. The monoisotopic (exact) mass is 222 g/mol. The van der Waals surface area contributed by atoms with E-state index < -0.39 is 0 Å². The van der Waals surface area contributed by atoms with E-state index in [1.54, 1.807) is 13.2 Å². The molecule has 1 N–H and O–H groups in total. The summed E-state index contributed by atoms with van der Waals surface area (Å²) in [6, 6.07) is 4.53. The van der Waals surface area contributed by atoms with Crippen LogP contribution in [0.5, 0.6) is 0 Å². The minimum atomic E-state index is -0.271. The second kappa shape index (κ2) is 3.87. The van der Waals surface area contributed by atoms with Gasteiger partial charge in [-0.1, -0.05) is 0 Å². The van der Waals surface area contributed by atoms with Gasteiger partial charge in [0.15, 0.2) is 0 Å². The van der Waals surface area contributed by atoms with Crippen LogP contribution in [0.3, 0.4) is 0 Å². The Morgan fingerprint density at radius 1 is 1.44 bits per heavy atom. The van der Waals surface area contributed by atoms with Crippen LogP contribution < -0.4 is 0 Å². The molecule has 3 nitrogen and oxygen atoms in total. The molecule has 0 unspecified atom stereocenters. The topological polar surface area (TPSA) is 37.9 Å². The van der Waals surface area contributed by atoms with Crippen molar-refractivity contribution in [2.75, 3.05) is 7.11 Å². The highest BCUT2D eigenvalue weighted by molar-refractivity contribution is 5.74. The Morgan fingerprint density at radius 3 is 2.88 bits per heavy atom. The van der Waals surface area contributed by atoms with Gasteiger partial charge < -0.3 is 9.72 Å². The summed E-state index contributed by atoms with van der Waals surface area (Å²) in [5, 5.41) is 0. The molecule has 2 rings (SSSR count). The van der Waals surface area contributed by atoms with Gasteiger partial charge in [-0.15, -0.1) is 0 Å². The molecule has 2 aromatic rings. The van der Waals surface area contributed by atoms with Crippen LogP contribution in [0.2, 0.25) is 0 Å². The van der Waals surface area contributed by atoms with Gasteiger partial charge in [-0.3, -0.25) is 0 Å². The number of nitrogens with zero attached hydrogens (tertiary/aromatic N) is 1. The van der Waals surface area contributed by atoms with Crippen molar-refractivity contribution in [3.8, 4) is 0 Å². The molecule has 0 aliphatic rings. The van der Waals surface area contributed by atoms with Gasteiger partial charge >= 0.3 is 0 Å². The van der Waals surface area contributed by atoms with Crippen LogP contribution in [0.25, 0.3) is 11.0 Å². The van der Waals surface area contributed by atoms with Crippen molar-refractivity contribution >= 4 is 11.0 Å². The molecule has 1 aromatic carbocycles. The number of benzene rings is 1. The quantitative estimate of drug-likeness (QED) is 0.867. The van der Waals surface area contributed by atoms with E-state index >= 15 is 0 Å². The summed E-state index contributed by atoms with van der Waals surface area (Å²) in [6.45, 7) is 3.97. The van der Waals surface area contributed by atoms with Crippen molar-refractivity contribution in [3.05, 3.63) is 29.8 Å². The molecule has 1 aromatic heterocycles. The van der Waals surface area contributed by atoms with Crippen molar-refractivity contribution in [1.82, 2.24) is 9.97 Å². The predicted octanol–water partition coefficient (Wildman–Crippen LogP) is 2.67. The number of imidazole rings is 1. The molecule has 1 heterocycles. The standard InChI is InChI=1S/C12H15FN2O/c1-12(2,16-3)7-11-14-9-5-4-8(13)6-10(9)15-11/h4-6H,7H2,1-3H3,(H,14,15). The summed E-state index contributed by atoms with van der Waals surface area (Å²) < 4.78 is 18.3. The highest BCUT2D eigenvalue weighted by Gasteiger charge is 2.19. The highest BCUT2D eigenvalue weighted by Crippen LogP contribution is 2.18. The predicted molar refractivity (Wildman–Crippen MR) is 60.8 cm³/mol. The van der Waals surface area contributed by atoms with Gasteiger partial charge in [0.1, 0.15) is 11.6 Å². The third-order valence-electron chi connectivity index (χ3n) is 2.64. The summed E-state index contributed by atoms with van der Waals surface area (Å²) in [7, 11) is 1.67. The van der Waals surface area contributed by atoms with Gasteiger partial charge in [-0.25, -0.2) is 9.37 Å².